The minimum atomic E-state index is -0.258. The Hall–Kier alpha value is -3.78. The van der Waals surface area contributed by atoms with E-state index in [1.807, 2.05) is 66.9 Å². The maximum Gasteiger partial charge on any atom is 0.276 e. The summed E-state index contributed by atoms with van der Waals surface area (Å²) >= 11 is 1.61. The summed E-state index contributed by atoms with van der Waals surface area (Å²) < 4.78 is 7.10. The summed E-state index contributed by atoms with van der Waals surface area (Å²) in [6.45, 7) is 2.20. The van der Waals surface area contributed by atoms with Crippen LogP contribution >= 0.6 is 11.3 Å². The molecule has 0 saturated heterocycles. The van der Waals surface area contributed by atoms with Crippen LogP contribution in [0.1, 0.15) is 11.4 Å². The van der Waals surface area contributed by atoms with Gasteiger partial charge >= 0.3 is 0 Å². The third-order valence-corrected chi connectivity index (χ3v) is 5.54. The van der Waals surface area contributed by atoms with E-state index in [2.05, 4.69) is 20.1 Å². The zero-order valence-electron chi connectivity index (χ0n) is 16.1. The molecular weight excluding hydrogens is 398 g/mol. The van der Waals surface area contributed by atoms with E-state index in [9.17, 15) is 4.79 Å². The predicted octanol–water partition coefficient (Wildman–Crippen LogP) is 4.10. The van der Waals surface area contributed by atoms with Gasteiger partial charge in [0, 0.05) is 28.3 Å². The highest BCUT2D eigenvalue weighted by Crippen LogP contribution is 2.25. The molecule has 0 spiro atoms. The molecule has 0 aliphatic heterocycles. The van der Waals surface area contributed by atoms with Gasteiger partial charge in [-0.15, -0.1) is 16.4 Å². The molecule has 3 aromatic heterocycles. The van der Waals surface area contributed by atoms with Crippen LogP contribution in [0.25, 0.3) is 27.7 Å². The molecule has 2 aromatic carbocycles. The predicted molar refractivity (Wildman–Crippen MR) is 116 cm³/mol. The van der Waals surface area contributed by atoms with E-state index < -0.39 is 0 Å². The van der Waals surface area contributed by atoms with Crippen molar-refractivity contribution in [3.05, 3.63) is 87.8 Å². The minimum Gasteiger partial charge on any atom is -0.487 e. The lowest BCUT2D eigenvalue weighted by atomic mass is 10.2. The lowest BCUT2D eigenvalue weighted by molar-refractivity contribution is 0.301. The van der Waals surface area contributed by atoms with Crippen molar-refractivity contribution in [1.82, 2.24) is 24.6 Å². The van der Waals surface area contributed by atoms with Crippen molar-refractivity contribution < 1.29 is 4.74 Å². The highest BCUT2D eigenvalue weighted by atomic mass is 32.1. The standard InChI is InChI=1S/C22H17N5O2S/c1-14-13-30-21(23-14)16-7-9-18(10-8-16)29-12-17-11-19(28)27-22(24-17)25-20(26-27)15-5-3-2-4-6-15/h2-11,13H,12H2,1H3,(H,24,25,26). The Labute approximate surface area is 175 Å². The van der Waals surface area contributed by atoms with Crippen molar-refractivity contribution in [3.63, 3.8) is 0 Å². The molecule has 0 radical (unpaired) electrons. The number of aryl methyl sites for hydroxylation is 1. The van der Waals surface area contributed by atoms with E-state index in [0.717, 1.165) is 21.8 Å². The molecule has 0 aliphatic rings. The first-order valence-electron chi connectivity index (χ1n) is 9.35. The van der Waals surface area contributed by atoms with E-state index in [1.165, 1.54) is 10.6 Å². The summed E-state index contributed by atoms with van der Waals surface area (Å²) in [6, 6.07) is 18.8. The van der Waals surface area contributed by atoms with Crippen LogP contribution in [-0.2, 0) is 6.61 Å². The Morgan fingerprint density at radius 1 is 1.03 bits per heavy atom. The number of nitrogens with one attached hydrogen (secondary N) is 1. The number of fused-ring (bicyclic) bond motifs is 1. The number of rotatable bonds is 5. The number of H-pyrrole nitrogens is 1. The third-order valence-electron chi connectivity index (χ3n) is 4.53. The van der Waals surface area contributed by atoms with Gasteiger partial charge in [-0.1, -0.05) is 30.3 Å². The van der Waals surface area contributed by atoms with Gasteiger partial charge in [-0.25, -0.2) is 4.98 Å². The Morgan fingerprint density at radius 2 is 1.83 bits per heavy atom. The maximum absolute atomic E-state index is 12.4. The van der Waals surface area contributed by atoms with Crippen LogP contribution in [0.4, 0.5) is 0 Å². The Balaban J connectivity index is 1.35. The Kier molecular flexibility index (Phi) is 4.61. The quantitative estimate of drug-likeness (QED) is 0.467. The first-order valence-corrected chi connectivity index (χ1v) is 10.2. The topological polar surface area (TPSA) is 85.2 Å². The van der Waals surface area contributed by atoms with Crippen molar-refractivity contribution in [3.8, 4) is 27.7 Å². The lowest BCUT2D eigenvalue weighted by Gasteiger charge is -2.07. The van der Waals surface area contributed by atoms with Gasteiger partial charge in [-0.2, -0.15) is 9.50 Å². The molecule has 0 saturated carbocycles. The lowest BCUT2D eigenvalue weighted by Crippen LogP contribution is -2.16. The summed E-state index contributed by atoms with van der Waals surface area (Å²) in [5.74, 6) is 1.59. The molecule has 0 aliphatic carbocycles. The second-order valence-electron chi connectivity index (χ2n) is 6.78. The number of thiazole rings is 1. The molecule has 148 valence electrons. The summed E-state index contributed by atoms with van der Waals surface area (Å²) in [7, 11) is 0. The normalized spacial score (nSPS) is 11.1. The third kappa shape index (κ3) is 3.60. The summed E-state index contributed by atoms with van der Waals surface area (Å²) in [5, 5.41) is 7.31. The fourth-order valence-electron chi connectivity index (χ4n) is 3.07. The molecular formula is C22H17N5O2S. The first-order chi connectivity index (χ1) is 14.7. The summed E-state index contributed by atoms with van der Waals surface area (Å²) in [6.07, 6.45) is 0. The van der Waals surface area contributed by atoms with Crippen LogP contribution in [0, 0.1) is 6.92 Å². The van der Waals surface area contributed by atoms with Crippen molar-refractivity contribution in [1.29, 1.82) is 0 Å². The maximum atomic E-state index is 12.4. The van der Waals surface area contributed by atoms with Gasteiger partial charge in [0.2, 0.25) is 5.78 Å². The van der Waals surface area contributed by atoms with Gasteiger partial charge in [0.1, 0.15) is 17.4 Å². The van der Waals surface area contributed by atoms with E-state index in [0.29, 0.717) is 23.0 Å². The number of aromatic nitrogens is 5. The zero-order valence-corrected chi connectivity index (χ0v) is 16.9. The smallest absolute Gasteiger partial charge is 0.276 e. The molecule has 5 aromatic rings. The molecule has 0 unspecified atom stereocenters. The number of hydrogen-bond donors (Lipinski definition) is 1. The molecule has 0 amide bonds. The molecule has 5 rings (SSSR count). The van der Waals surface area contributed by atoms with E-state index >= 15 is 0 Å². The fourth-order valence-corrected chi connectivity index (χ4v) is 3.87. The first kappa shape index (κ1) is 18.3. The number of nitrogens with zero attached hydrogens (tertiary/aromatic N) is 4. The molecule has 7 nitrogen and oxygen atoms in total. The Bertz CT molecular complexity index is 1370. The molecule has 8 heteroatoms. The molecule has 0 fully saturated rings. The van der Waals surface area contributed by atoms with Gasteiger partial charge in [-0.05, 0) is 31.2 Å². The van der Waals surface area contributed by atoms with Crippen LogP contribution < -0.4 is 10.3 Å². The summed E-state index contributed by atoms with van der Waals surface area (Å²) in [5.41, 5.74) is 3.28. The van der Waals surface area contributed by atoms with Crippen molar-refractivity contribution in [2.45, 2.75) is 13.5 Å². The summed E-state index contributed by atoms with van der Waals surface area (Å²) in [4.78, 5) is 24.5. The Morgan fingerprint density at radius 3 is 2.57 bits per heavy atom. The van der Waals surface area contributed by atoms with Gasteiger partial charge in [-0.3, -0.25) is 4.79 Å². The number of ether oxygens (including phenoxy) is 1. The van der Waals surface area contributed by atoms with Crippen LogP contribution in [0.2, 0.25) is 0 Å². The largest absolute Gasteiger partial charge is 0.487 e. The van der Waals surface area contributed by atoms with Gasteiger partial charge in [0.05, 0.1) is 5.69 Å². The number of hydrogen-bond acceptors (Lipinski definition) is 6. The molecule has 1 N–H and O–H groups in total. The van der Waals surface area contributed by atoms with Crippen LogP contribution in [0.15, 0.2) is 70.8 Å². The van der Waals surface area contributed by atoms with Crippen LogP contribution in [0.5, 0.6) is 5.75 Å². The van der Waals surface area contributed by atoms with E-state index in [4.69, 9.17) is 4.74 Å². The molecule has 0 atom stereocenters. The monoisotopic (exact) mass is 415 g/mol. The molecule has 0 bridgehead atoms. The zero-order chi connectivity index (χ0) is 20.5. The van der Waals surface area contributed by atoms with E-state index in [-0.39, 0.29) is 12.2 Å². The van der Waals surface area contributed by atoms with E-state index in [1.54, 1.807) is 11.3 Å². The molecule has 3 heterocycles. The highest BCUT2D eigenvalue weighted by Gasteiger charge is 2.10. The van der Waals surface area contributed by atoms with Crippen LogP contribution in [0.3, 0.4) is 0 Å². The van der Waals surface area contributed by atoms with Gasteiger partial charge in [0.15, 0.2) is 5.82 Å². The number of aromatic amines is 1. The number of benzene rings is 2. The van der Waals surface area contributed by atoms with Gasteiger partial charge in [0.25, 0.3) is 5.56 Å². The fraction of sp³-hybridized carbons (Fsp3) is 0.0909. The SMILES string of the molecule is Cc1csc(-c2ccc(OCc3cc(=O)n4nc(-c5ccccc5)nc4[nH]3)cc2)n1. The second kappa shape index (κ2) is 7.57. The second-order valence-corrected chi connectivity index (χ2v) is 7.63. The van der Waals surface area contributed by atoms with Gasteiger partial charge < -0.3 is 9.72 Å². The minimum absolute atomic E-state index is 0.217. The highest BCUT2D eigenvalue weighted by molar-refractivity contribution is 7.13. The average Bonchev–Trinajstić information content (AvgIpc) is 3.40. The van der Waals surface area contributed by atoms with Crippen LogP contribution in [-0.4, -0.2) is 24.6 Å². The molecule has 30 heavy (non-hydrogen) atoms. The van der Waals surface area contributed by atoms with Crippen molar-refractivity contribution in [2.75, 3.05) is 0 Å². The van der Waals surface area contributed by atoms with Crippen molar-refractivity contribution in [2.24, 2.45) is 0 Å². The van der Waals surface area contributed by atoms with Crippen molar-refractivity contribution >= 4 is 17.1 Å². The average molecular weight is 415 g/mol.